The van der Waals surface area contributed by atoms with Gasteiger partial charge in [0.25, 0.3) is 0 Å². The lowest BCUT2D eigenvalue weighted by atomic mass is 10.1. The zero-order chi connectivity index (χ0) is 13.5. The van der Waals surface area contributed by atoms with Gasteiger partial charge in [-0.2, -0.15) is 0 Å². The maximum absolute atomic E-state index is 11.8. The fraction of sp³-hybridized carbons (Fsp3) is 0.214. The molecule has 0 unspecified atom stereocenters. The third-order valence-corrected chi connectivity index (χ3v) is 2.72. The number of hydrogen-bond acceptors (Lipinski definition) is 4. The maximum Gasteiger partial charge on any atom is 0.237 e. The van der Waals surface area contributed by atoms with E-state index >= 15 is 0 Å². The SMILES string of the molecule is N[C@H](Cc1ccccc1)C(=O)NCc1ccncn1. The third kappa shape index (κ3) is 4.15. The summed E-state index contributed by atoms with van der Waals surface area (Å²) in [5.41, 5.74) is 7.68. The van der Waals surface area contributed by atoms with Crippen LogP contribution in [0.2, 0.25) is 0 Å². The molecular weight excluding hydrogens is 240 g/mol. The largest absolute Gasteiger partial charge is 0.349 e. The highest BCUT2D eigenvalue weighted by molar-refractivity contribution is 5.81. The molecule has 1 aromatic carbocycles. The van der Waals surface area contributed by atoms with Crippen molar-refractivity contribution in [3.05, 3.63) is 60.2 Å². The molecule has 0 aliphatic carbocycles. The molecule has 0 fully saturated rings. The Bertz CT molecular complexity index is 515. The molecule has 1 atom stereocenters. The quantitative estimate of drug-likeness (QED) is 0.823. The van der Waals surface area contributed by atoms with Gasteiger partial charge in [-0.1, -0.05) is 30.3 Å². The van der Waals surface area contributed by atoms with Crippen molar-refractivity contribution in [1.29, 1.82) is 0 Å². The lowest BCUT2D eigenvalue weighted by Crippen LogP contribution is -2.41. The predicted molar refractivity (Wildman–Crippen MR) is 72.0 cm³/mol. The van der Waals surface area contributed by atoms with E-state index in [9.17, 15) is 4.79 Å². The molecule has 19 heavy (non-hydrogen) atoms. The number of aromatic nitrogens is 2. The van der Waals surface area contributed by atoms with Crippen LogP contribution in [0.15, 0.2) is 48.9 Å². The predicted octanol–water partition coefficient (Wildman–Crippen LogP) is 0.663. The first-order chi connectivity index (χ1) is 9.25. The molecule has 0 aliphatic rings. The second kappa shape index (κ2) is 6.61. The number of carbonyl (C=O) groups is 1. The summed E-state index contributed by atoms with van der Waals surface area (Å²) < 4.78 is 0. The first-order valence-electron chi connectivity index (χ1n) is 6.08. The molecule has 0 radical (unpaired) electrons. The van der Waals surface area contributed by atoms with Gasteiger partial charge in [0.05, 0.1) is 18.3 Å². The van der Waals surface area contributed by atoms with Crippen LogP contribution in [0.4, 0.5) is 0 Å². The summed E-state index contributed by atoms with van der Waals surface area (Å²) in [6.45, 7) is 0.365. The molecule has 1 aromatic heterocycles. The Morgan fingerprint density at radius 1 is 1.26 bits per heavy atom. The first kappa shape index (κ1) is 13.2. The average Bonchev–Trinajstić information content (AvgIpc) is 2.47. The normalized spacial score (nSPS) is 11.8. The summed E-state index contributed by atoms with van der Waals surface area (Å²) in [5.74, 6) is -0.178. The van der Waals surface area contributed by atoms with Crippen LogP contribution < -0.4 is 11.1 Å². The van der Waals surface area contributed by atoms with Crippen molar-refractivity contribution in [2.24, 2.45) is 5.73 Å². The fourth-order valence-electron chi connectivity index (χ4n) is 1.69. The van der Waals surface area contributed by atoms with E-state index in [1.165, 1.54) is 6.33 Å². The summed E-state index contributed by atoms with van der Waals surface area (Å²) >= 11 is 0. The number of hydrogen-bond donors (Lipinski definition) is 2. The van der Waals surface area contributed by atoms with E-state index in [2.05, 4.69) is 15.3 Å². The van der Waals surface area contributed by atoms with Crippen molar-refractivity contribution in [3.8, 4) is 0 Å². The summed E-state index contributed by atoms with van der Waals surface area (Å²) in [7, 11) is 0. The van der Waals surface area contributed by atoms with Crippen LogP contribution >= 0.6 is 0 Å². The van der Waals surface area contributed by atoms with Crippen LogP contribution in [0.5, 0.6) is 0 Å². The highest BCUT2D eigenvalue weighted by atomic mass is 16.2. The Morgan fingerprint density at radius 3 is 2.74 bits per heavy atom. The van der Waals surface area contributed by atoms with Crippen molar-refractivity contribution in [2.45, 2.75) is 19.0 Å². The van der Waals surface area contributed by atoms with Gasteiger partial charge in [0, 0.05) is 6.20 Å². The molecule has 0 aliphatic heterocycles. The minimum atomic E-state index is -0.552. The van der Waals surface area contributed by atoms with Gasteiger partial charge < -0.3 is 11.1 Å². The number of amides is 1. The monoisotopic (exact) mass is 256 g/mol. The molecule has 2 aromatic rings. The van der Waals surface area contributed by atoms with Crippen LogP contribution in [0, 0.1) is 0 Å². The van der Waals surface area contributed by atoms with Gasteiger partial charge in [0.2, 0.25) is 5.91 Å². The van der Waals surface area contributed by atoms with Gasteiger partial charge in [-0.25, -0.2) is 9.97 Å². The Balaban J connectivity index is 1.83. The Labute approximate surface area is 111 Å². The number of benzene rings is 1. The summed E-state index contributed by atoms with van der Waals surface area (Å²) in [4.78, 5) is 19.7. The Morgan fingerprint density at radius 2 is 2.05 bits per heavy atom. The fourth-order valence-corrected chi connectivity index (χ4v) is 1.69. The van der Waals surface area contributed by atoms with E-state index in [0.29, 0.717) is 13.0 Å². The third-order valence-electron chi connectivity index (χ3n) is 2.72. The van der Waals surface area contributed by atoms with Crippen molar-refractivity contribution in [2.75, 3.05) is 0 Å². The van der Waals surface area contributed by atoms with Crippen molar-refractivity contribution in [3.63, 3.8) is 0 Å². The van der Waals surface area contributed by atoms with E-state index in [4.69, 9.17) is 5.73 Å². The first-order valence-corrected chi connectivity index (χ1v) is 6.08. The molecule has 2 rings (SSSR count). The molecule has 0 bridgehead atoms. The van der Waals surface area contributed by atoms with E-state index in [1.54, 1.807) is 12.3 Å². The van der Waals surface area contributed by atoms with Crippen molar-refractivity contribution < 1.29 is 4.79 Å². The molecular formula is C14H16N4O. The summed E-state index contributed by atoms with van der Waals surface area (Å²) in [5, 5.41) is 2.76. The minimum absolute atomic E-state index is 0.178. The molecule has 1 amide bonds. The van der Waals surface area contributed by atoms with Gasteiger partial charge in [-0.15, -0.1) is 0 Å². The van der Waals surface area contributed by atoms with E-state index in [-0.39, 0.29) is 5.91 Å². The highest BCUT2D eigenvalue weighted by Gasteiger charge is 2.13. The second-order valence-electron chi connectivity index (χ2n) is 4.21. The molecule has 98 valence electrons. The zero-order valence-corrected chi connectivity index (χ0v) is 10.5. The van der Waals surface area contributed by atoms with E-state index in [1.807, 2.05) is 30.3 Å². The molecule has 0 spiro atoms. The topological polar surface area (TPSA) is 80.9 Å². The Hall–Kier alpha value is -2.27. The molecule has 1 heterocycles. The number of nitrogens with one attached hydrogen (secondary N) is 1. The lowest BCUT2D eigenvalue weighted by molar-refractivity contribution is -0.122. The average molecular weight is 256 g/mol. The lowest BCUT2D eigenvalue weighted by Gasteiger charge is -2.12. The minimum Gasteiger partial charge on any atom is -0.349 e. The number of nitrogens with two attached hydrogens (primary N) is 1. The zero-order valence-electron chi connectivity index (χ0n) is 10.5. The van der Waals surface area contributed by atoms with Gasteiger partial charge in [0.1, 0.15) is 6.33 Å². The van der Waals surface area contributed by atoms with Crippen LogP contribution in [0.25, 0.3) is 0 Å². The van der Waals surface area contributed by atoms with Crippen LogP contribution in [-0.2, 0) is 17.8 Å². The van der Waals surface area contributed by atoms with Crippen LogP contribution in [0.3, 0.4) is 0 Å². The van der Waals surface area contributed by atoms with Gasteiger partial charge >= 0.3 is 0 Å². The van der Waals surface area contributed by atoms with Crippen LogP contribution in [0.1, 0.15) is 11.3 Å². The van der Waals surface area contributed by atoms with Gasteiger partial charge in [-0.05, 0) is 18.1 Å². The van der Waals surface area contributed by atoms with Crippen molar-refractivity contribution >= 4 is 5.91 Å². The molecule has 3 N–H and O–H groups in total. The molecule has 5 nitrogen and oxygen atoms in total. The maximum atomic E-state index is 11.8. The van der Waals surface area contributed by atoms with Gasteiger partial charge in [-0.3, -0.25) is 4.79 Å². The number of nitrogens with zero attached hydrogens (tertiary/aromatic N) is 2. The second-order valence-corrected chi connectivity index (χ2v) is 4.21. The molecule has 0 saturated heterocycles. The van der Waals surface area contributed by atoms with Gasteiger partial charge in [0.15, 0.2) is 0 Å². The van der Waals surface area contributed by atoms with E-state index < -0.39 is 6.04 Å². The highest BCUT2D eigenvalue weighted by Crippen LogP contribution is 2.02. The molecule has 5 heteroatoms. The van der Waals surface area contributed by atoms with Crippen LogP contribution in [-0.4, -0.2) is 21.9 Å². The van der Waals surface area contributed by atoms with E-state index in [0.717, 1.165) is 11.3 Å². The summed E-state index contributed by atoms with van der Waals surface area (Å²) in [6, 6.07) is 10.9. The Kier molecular flexibility index (Phi) is 4.58. The standard InChI is InChI=1S/C14H16N4O/c15-13(8-11-4-2-1-3-5-11)14(19)17-9-12-6-7-16-10-18-12/h1-7,10,13H,8-9,15H2,(H,17,19)/t13-/m1/s1. The molecule has 0 saturated carbocycles. The summed E-state index contributed by atoms with van der Waals surface area (Å²) in [6.07, 6.45) is 3.61. The number of carbonyl (C=O) groups excluding carboxylic acids is 1. The smallest absolute Gasteiger partial charge is 0.237 e. The number of rotatable bonds is 5. The van der Waals surface area contributed by atoms with Crippen molar-refractivity contribution in [1.82, 2.24) is 15.3 Å².